The lowest BCUT2D eigenvalue weighted by Gasteiger charge is -2.27. The molecule has 0 aliphatic heterocycles. The third-order valence-electron chi connectivity index (χ3n) is 4.43. The van der Waals surface area contributed by atoms with Gasteiger partial charge in [0.25, 0.3) is 0 Å². The Morgan fingerprint density at radius 1 is 1.22 bits per heavy atom. The van der Waals surface area contributed by atoms with Crippen molar-refractivity contribution in [2.75, 3.05) is 13.2 Å². The highest BCUT2D eigenvalue weighted by Crippen LogP contribution is 2.24. The Bertz CT molecular complexity index is 476. The highest BCUT2D eigenvalue weighted by Gasteiger charge is 2.25. The van der Waals surface area contributed by atoms with Crippen LogP contribution in [-0.4, -0.2) is 30.3 Å². The van der Waals surface area contributed by atoms with Gasteiger partial charge in [0, 0.05) is 6.04 Å². The topological polar surface area (TPSA) is 58.6 Å². The summed E-state index contributed by atoms with van der Waals surface area (Å²) in [4.78, 5) is 10.9. The van der Waals surface area contributed by atoms with Crippen LogP contribution in [0.3, 0.4) is 0 Å². The van der Waals surface area contributed by atoms with Gasteiger partial charge in [0.2, 0.25) is 0 Å². The molecule has 0 atom stereocenters. The van der Waals surface area contributed by atoms with E-state index in [9.17, 15) is 4.79 Å². The van der Waals surface area contributed by atoms with Crippen molar-refractivity contribution in [3.05, 3.63) is 29.8 Å². The molecule has 2 rings (SSSR count). The van der Waals surface area contributed by atoms with E-state index in [0.717, 1.165) is 51.0 Å². The summed E-state index contributed by atoms with van der Waals surface area (Å²) in [6, 6.07) is 8.79. The monoisotopic (exact) mass is 319 g/mol. The molecule has 1 aliphatic rings. The van der Waals surface area contributed by atoms with Gasteiger partial charge in [-0.3, -0.25) is 4.79 Å². The molecule has 0 unspecified atom stereocenters. The zero-order chi connectivity index (χ0) is 16.7. The SMILES string of the molecule is CC(C)COc1ccc(CCNC2CCC(C(=O)O)CC2)cc1. The van der Waals surface area contributed by atoms with Gasteiger partial charge in [-0.25, -0.2) is 0 Å². The van der Waals surface area contributed by atoms with E-state index < -0.39 is 5.97 Å². The number of nitrogens with one attached hydrogen (secondary N) is 1. The maximum Gasteiger partial charge on any atom is 0.306 e. The lowest BCUT2D eigenvalue weighted by molar-refractivity contribution is -0.142. The first-order valence-corrected chi connectivity index (χ1v) is 8.72. The smallest absolute Gasteiger partial charge is 0.306 e. The number of aliphatic carboxylic acids is 1. The maximum absolute atomic E-state index is 10.9. The Balaban J connectivity index is 1.65. The fourth-order valence-electron chi connectivity index (χ4n) is 2.98. The van der Waals surface area contributed by atoms with Crippen molar-refractivity contribution in [2.45, 2.75) is 52.0 Å². The van der Waals surface area contributed by atoms with E-state index in [0.29, 0.717) is 12.0 Å². The van der Waals surface area contributed by atoms with Crippen LogP contribution in [0.4, 0.5) is 0 Å². The van der Waals surface area contributed by atoms with Gasteiger partial charge in [-0.15, -0.1) is 0 Å². The van der Waals surface area contributed by atoms with E-state index in [-0.39, 0.29) is 5.92 Å². The summed E-state index contributed by atoms with van der Waals surface area (Å²) < 4.78 is 5.69. The Labute approximate surface area is 139 Å². The van der Waals surface area contributed by atoms with Crippen LogP contribution in [0, 0.1) is 11.8 Å². The number of carbonyl (C=O) groups is 1. The second-order valence-electron chi connectivity index (χ2n) is 6.94. The summed E-state index contributed by atoms with van der Waals surface area (Å²) in [7, 11) is 0. The van der Waals surface area contributed by atoms with E-state index in [1.54, 1.807) is 0 Å². The number of benzene rings is 1. The summed E-state index contributed by atoms with van der Waals surface area (Å²) >= 11 is 0. The molecule has 4 nitrogen and oxygen atoms in total. The van der Waals surface area contributed by atoms with Gasteiger partial charge in [-0.2, -0.15) is 0 Å². The van der Waals surface area contributed by atoms with Crippen LogP contribution in [0.1, 0.15) is 45.1 Å². The second kappa shape index (κ2) is 8.92. The third-order valence-corrected chi connectivity index (χ3v) is 4.43. The minimum atomic E-state index is -0.636. The molecular weight excluding hydrogens is 290 g/mol. The summed E-state index contributed by atoms with van der Waals surface area (Å²) in [6.07, 6.45) is 4.53. The molecule has 0 saturated heterocycles. The molecule has 1 fully saturated rings. The van der Waals surface area contributed by atoms with Crippen LogP contribution in [0.25, 0.3) is 0 Å². The fourth-order valence-corrected chi connectivity index (χ4v) is 2.98. The van der Waals surface area contributed by atoms with Crippen LogP contribution < -0.4 is 10.1 Å². The van der Waals surface area contributed by atoms with E-state index in [1.807, 2.05) is 12.1 Å². The van der Waals surface area contributed by atoms with E-state index >= 15 is 0 Å². The summed E-state index contributed by atoms with van der Waals surface area (Å²) in [6.45, 7) is 5.97. The first-order valence-electron chi connectivity index (χ1n) is 8.72. The van der Waals surface area contributed by atoms with Gasteiger partial charge in [0.15, 0.2) is 0 Å². The van der Waals surface area contributed by atoms with E-state index in [1.165, 1.54) is 5.56 Å². The summed E-state index contributed by atoms with van der Waals surface area (Å²) in [5.74, 6) is 0.701. The number of hydrogen-bond donors (Lipinski definition) is 2. The van der Waals surface area contributed by atoms with Gasteiger partial charge in [0.05, 0.1) is 12.5 Å². The minimum Gasteiger partial charge on any atom is -0.493 e. The van der Waals surface area contributed by atoms with Crippen molar-refractivity contribution in [3.63, 3.8) is 0 Å². The van der Waals surface area contributed by atoms with Crippen LogP contribution >= 0.6 is 0 Å². The minimum absolute atomic E-state index is 0.133. The summed E-state index contributed by atoms with van der Waals surface area (Å²) in [5.41, 5.74) is 1.30. The van der Waals surface area contributed by atoms with Crippen molar-refractivity contribution in [1.82, 2.24) is 5.32 Å². The molecule has 0 heterocycles. The molecule has 1 aliphatic carbocycles. The van der Waals surface area contributed by atoms with Crippen molar-refractivity contribution >= 4 is 5.97 Å². The lowest BCUT2D eigenvalue weighted by Crippen LogP contribution is -2.36. The van der Waals surface area contributed by atoms with Crippen molar-refractivity contribution in [1.29, 1.82) is 0 Å². The normalized spacial score (nSPS) is 21.3. The first-order chi connectivity index (χ1) is 11.0. The standard InChI is InChI=1S/C19H29NO3/c1-14(2)13-23-18-9-3-15(4-10-18)11-12-20-17-7-5-16(6-8-17)19(21)22/h3-4,9-10,14,16-17,20H,5-8,11-13H2,1-2H3,(H,21,22). The predicted molar refractivity (Wildman–Crippen MR) is 91.9 cm³/mol. The van der Waals surface area contributed by atoms with Crippen molar-refractivity contribution in [3.8, 4) is 5.75 Å². The average molecular weight is 319 g/mol. The first kappa shape index (κ1) is 17.8. The molecule has 2 N–H and O–H groups in total. The number of rotatable bonds is 8. The Morgan fingerprint density at radius 3 is 2.43 bits per heavy atom. The predicted octanol–water partition coefficient (Wildman–Crippen LogP) is 3.50. The molecule has 0 aromatic heterocycles. The molecule has 1 aromatic carbocycles. The number of ether oxygens (including phenoxy) is 1. The Kier molecular flexibility index (Phi) is 6.90. The van der Waals surface area contributed by atoms with Crippen LogP contribution in [0.5, 0.6) is 5.75 Å². The van der Waals surface area contributed by atoms with E-state index in [4.69, 9.17) is 9.84 Å². The Morgan fingerprint density at radius 2 is 1.87 bits per heavy atom. The number of hydrogen-bond acceptors (Lipinski definition) is 3. The van der Waals surface area contributed by atoms with Crippen LogP contribution in [-0.2, 0) is 11.2 Å². The number of carboxylic acids is 1. The molecule has 0 radical (unpaired) electrons. The highest BCUT2D eigenvalue weighted by atomic mass is 16.5. The van der Waals surface area contributed by atoms with Crippen molar-refractivity contribution < 1.29 is 14.6 Å². The van der Waals surface area contributed by atoms with Gasteiger partial charge in [-0.1, -0.05) is 26.0 Å². The quantitative estimate of drug-likeness (QED) is 0.770. The largest absolute Gasteiger partial charge is 0.493 e. The highest BCUT2D eigenvalue weighted by molar-refractivity contribution is 5.70. The summed E-state index contributed by atoms with van der Waals surface area (Å²) in [5, 5.41) is 12.6. The number of carboxylic acid groups (broad SMARTS) is 1. The fraction of sp³-hybridized carbons (Fsp3) is 0.632. The van der Waals surface area contributed by atoms with Gasteiger partial charge in [0.1, 0.15) is 5.75 Å². The van der Waals surface area contributed by atoms with Crippen LogP contribution in [0.2, 0.25) is 0 Å². The molecule has 1 saturated carbocycles. The van der Waals surface area contributed by atoms with Gasteiger partial charge in [-0.05, 0) is 62.3 Å². The molecule has 0 bridgehead atoms. The molecule has 23 heavy (non-hydrogen) atoms. The molecule has 0 spiro atoms. The van der Waals surface area contributed by atoms with Gasteiger partial charge < -0.3 is 15.2 Å². The van der Waals surface area contributed by atoms with E-state index in [2.05, 4.69) is 31.3 Å². The molecule has 4 heteroatoms. The molecule has 128 valence electrons. The average Bonchev–Trinajstić information content (AvgIpc) is 2.54. The lowest BCUT2D eigenvalue weighted by atomic mass is 9.86. The molecule has 1 aromatic rings. The van der Waals surface area contributed by atoms with Gasteiger partial charge >= 0.3 is 5.97 Å². The molecule has 0 amide bonds. The maximum atomic E-state index is 10.9. The zero-order valence-corrected chi connectivity index (χ0v) is 14.3. The van der Waals surface area contributed by atoms with Crippen molar-refractivity contribution in [2.24, 2.45) is 11.8 Å². The Hall–Kier alpha value is -1.55. The molecular formula is C19H29NO3. The third kappa shape index (κ3) is 6.22. The zero-order valence-electron chi connectivity index (χ0n) is 14.3. The van der Waals surface area contributed by atoms with Crippen LogP contribution in [0.15, 0.2) is 24.3 Å². The second-order valence-corrected chi connectivity index (χ2v) is 6.94.